The fourth-order valence-electron chi connectivity index (χ4n) is 3.70. The number of benzene rings is 2. The summed E-state index contributed by atoms with van der Waals surface area (Å²) in [6.45, 7) is 4.43. The van der Waals surface area contributed by atoms with Crippen molar-refractivity contribution < 1.29 is 4.79 Å². The summed E-state index contributed by atoms with van der Waals surface area (Å²) in [6, 6.07) is 16.5. The Bertz CT molecular complexity index is 882. The molecular weight excluding hydrogens is 336 g/mol. The zero-order chi connectivity index (χ0) is 18.6. The first-order chi connectivity index (χ1) is 13.2. The Labute approximate surface area is 159 Å². The second-order valence-corrected chi connectivity index (χ2v) is 7.39. The molecule has 0 saturated carbocycles. The van der Waals surface area contributed by atoms with Crippen LogP contribution in [0.1, 0.15) is 24.0 Å². The lowest BCUT2D eigenvalue weighted by Gasteiger charge is -2.31. The van der Waals surface area contributed by atoms with Crippen LogP contribution in [0.5, 0.6) is 0 Å². The normalized spacial score (nSPS) is 17.2. The van der Waals surface area contributed by atoms with Gasteiger partial charge in [-0.25, -0.2) is 4.98 Å². The van der Waals surface area contributed by atoms with Crippen LogP contribution in [0, 0.1) is 12.8 Å². The first kappa shape index (κ1) is 17.6. The van der Waals surface area contributed by atoms with E-state index in [0.29, 0.717) is 6.54 Å². The predicted octanol–water partition coefficient (Wildman–Crippen LogP) is 3.45. The molecule has 5 heteroatoms. The molecule has 0 bridgehead atoms. The van der Waals surface area contributed by atoms with Crippen LogP contribution < -0.4 is 10.2 Å². The monoisotopic (exact) mass is 362 g/mol. The molecule has 4 rings (SSSR count). The Morgan fingerprint density at radius 1 is 1.22 bits per heavy atom. The van der Waals surface area contributed by atoms with Gasteiger partial charge in [0.05, 0.1) is 17.0 Å². The number of H-pyrrole nitrogens is 1. The Balaban J connectivity index is 1.33. The van der Waals surface area contributed by atoms with Gasteiger partial charge in [0.15, 0.2) is 0 Å². The number of anilines is 1. The van der Waals surface area contributed by atoms with E-state index in [1.165, 1.54) is 11.1 Å². The number of nitrogens with one attached hydrogen (secondary N) is 2. The zero-order valence-corrected chi connectivity index (χ0v) is 15.7. The molecule has 2 heterocycles. The van der Waals surface area contributed by atoms with E-state index in [1.807, 2.05) is 24.3 Å². The van der Waals surface area contributed by atoms with Gasteiger partial charge in [0, 0.05) is 19.6 Å². The minimum Gasteiger partial charge on any atom is -0.355 e. The zero-order valence-electron chi connectivity index (χ0n) is 15.7. The van der Waals surface area contributed by atoms with Crippen molar-refractivity contribution in [1.29, 1.82) is 0 Å². The molecule has 0 unspecified atom stereocenters. The number of fused-ring (bicyclic) bond motifs is 1. The van der Waals surface area contributed by atoms with Crippen molar-refractivity contribution in [3.05, 3.63) is 59.7 Å². The summed E-state index contributed by atoms with van der Waals surface area (Å²) in [4.78, 5) is 22.9. The van der Waals surface area contributed by atoms with Crippen molar-refractivity contribution in [2.45, 2.75) is 26.2 Å². The fraction of sp³-hybridized carbons (Fsp3) is 0.364. The average molecular weight is 362 g/mol. The first-order valence-corrected chi connectivity index (χ1v) is 9.72. The molecule has 1 saturated heterocycles. The number of aryl methyl sites for hydroxylation is 1. The van der Waals surface area contributed by atoms with Gasteiger partial charge in [0.1, 0.15) is 0 Å². The molecule has 0 spiro atoms. The lowest BCUT2D eigenvalue weighted by Crippen LogP contribution is -2.43. The van der Waals surface area contributed by atoms with Crippen LogP contribution in [0.3, 0.4) is 0 Å². The lowest BCUT2D eigenvalue weighted by atomic mass is 9.97. The summed E-state index contributed by atoms with van der Waals surface area (Å²) in [5, 5.41) is 3.12. The average Bonchev–Trinajstić information content (AvgIpc) is 3.14. The van der Waals surface area contributed by atoms with Gasteiger partial charge in [-0.1, -0.05) is 42.0 Å². The Morgan fingerprint density at radius 3 is 2.85 bits per heavy atom. The molecule has 1 atom stereocenters. The van der Waals surface area contributed by atoms with Gasteiger partial charge in [0.2, 0.25) is 11.9 Å². The molecule has 1 amide bonds. The highest BCUT2D eigenvalue weighted by molar-refractivity contribution is 5.80. The van der Waals surface area contributed by atoms with Gasteiger partial charge in [-0.2, -0.15) is 0 Å². The Kier molecular flexibility index (Phi) is 5.10. The molecule has 1 fully saturated rings. The largest absolute Gasteiger partial charge is 0.355 e. The Morgan fingerprint density at radius 2 is 2.04 bits per heavy atom. The van der Waals surface area contributed by atoms with Crippen molar-refractivity contribution in [3.8, 4) is 0 Å². The number of para-hydroxylation sites is 2. The van der Waals surface area contributed by atoms with Gasteiger partial charge in [0.25, 0.3) is 0 Å². The van der Waals surface area contributed by atoms with E-state index in [0.717, 1.165) is 49.3 Å². The molecule has 1 aliphatic rings. The van der Waals surface area contributed by atoms with Crippen LogP contribution in [0.2, 0.25) is 0 Å². The molecule has 140 valence electrons. The summed E-state index contributed by atoms with van der Waals surface area (Å²) in [7, 11) is 0. The van der Waals surface area contributed by atoms with Gasteiger partial charge in [-0.15, -0.1) is 0 Å². The number of piperidine rings is 1. The molecule has 2 aromatic carbocycles. The summed E-state index contributed by atoms with van der Waals surface area (Å²) in [6.07, 6.45) is 2.81. The van der Waals surface area contributed by atoms with Gasteiger partial charge in [-0.05, 0) is 43.9 Å². The van der Waals surface area contributed by atoms with Crippen LogP contribution >= 0.6 is 0 Å². The fourth-order valence-corrected chi connectivity index (χ4v) is 3.70. The maximum absolute atomic E-state index is 12.6. The van der Waals surface area contributed by atoms with Crippen molar-refractivity contribution in [3.63, 3.8) is 0 Å². The topological polar surface area (TPSA) is 61.0 Å². The van der Waals surface area contributed by atoms with Gasteiger partial charge in [-0.3, -0.25) is 4.79 Å². The molecule has 0 radical (unpaired) electrons. The smallest absolute Gasteiger partial charge is 0.224 e. The number of aromatic nitrogens is 2. The van der Waals surface area contributed by atoms with E-state index >= 15 is 0 Å². The summed E-state index contributed by atoms with van der Waals surface area (Å²) in [5.41, 5.74) is 4.53. The number of nitrogens with zero attached hydrogens (tertiary/aromatic N) is 2. The van der Waals surface area contributed by atoms with Crippen molar-refractivity contribution in [2.75, 3.05) is 24.5 Å². The lowest BCUT2D eigenvalue weighted by molar-refractivity contribution is -0.125. The Hall–Kier alpha value is -2.82. The third-order valence-corrected chi connectivity index (χ3v) is 5.30. The van der Waals surface area contributed by atoms with Crippen molar-refractivity contribution in [1.82, 2.24) is 15.3 Å². The van der Waals surface area contributed by atoms with Crippen LogP contribution in [-0.2, 0) is 11.2 Å². The maximum Gasteiger partial charge on any atom is 0.224 e. The highest BCUT2D eigenvalue weighted by Crippen LogP contribution is 2.23. The molecule has 2 N–H and O–H groups in total. The number of hydrogen-bond donors (Lipinski definition) is 2. The summed E-state index contributed by atoms with van der Waals surface area (Å²) >= 11 is 0. The van der Waals surface area contributed by atoms with Crippen LogP contribution in [0.25, 0.3) is 11.0 Å². The number of aromatic amines is 1. The predicted molar refractivity (Wildman–Crippen MR) is 109 cm³/mol. The molecule has 0 aliphatic carbocycles. The molecule has 27 heavy (non-hydrogen) atoms. The number of carbonyl (C=O) groups excluding carboxylic acids is 1. The minimum absolute atomic E-state index is 0.0185. The number of carbonyl (C=O) groups is 1. The van der Waals surface area contributed by atoms with Crippen molar-refractivity contribution >= 4 is 22.9 Å². The highest BCUT2D eigenvalue weighted by Gasteiger charge is 2.27. The molecule has 1 aliphatic heterocycles. The maximum atomic E-state index is 12.6. The molecule has 3 aromatic rings. The second-order valence-electron chi connectivity index (χ2n) is 7.39. The van der Waals surface area contributed by atoms with E-state index in [9.17, 15) is 4.79 Å². The first-order valence-electron chi connectivity index (χ1n) is 9.72. The minimum atomic E-state index is 0.0185. The summed E-state index contributed by atoms with van der Waals surface area (Å²) in [5.74, 6) is 1.04. The van der Waals surface area contributed by atoms with Crippen molar-refractivity contribution in [2.24, 2.45) is 5.92 Å². The SMILES string of the molecule is Cc1ccc(CCNC(=O)[C@H]2CCCN(c3nc4ccccc4[nH]3)C2)cc1. The third-order valence-electron chi connectivity index (χ3n) is 5.30. The van der Waals surface area contributed by atoms with Crippen LogP contribution in [0.4, 0.5) is 5.95 Å². The summed E-state index contributed by atoms with van der Waals surface area (Å²) < 4.78 is 0. The van der Waals surface area contributed by atoms with Crippen LogP contribution in [-0.4, -0.2) is 35.5 Å². The number of amides is 1. The number of imidazole rings is 1. The van der Waals surface area contributed by atoms with E-state index < -0.39 is 0 Å². The molecule has 5 nitrogen and oxygen atoms in total. The van der Waals surface area contributed by atoms with E-state index in [2.05, 4.69) is 51.4 Å². The van der Waals surface area contributed by atoms with E-state index in [1.54, 1.807) is 0 Å². The number of hydrogen-bond acceptors (Lipinski definition) is 3. The van der Waals surface area contributed by atoms with Gasteiger partial charge < -0.3 is 15.2 Å². The quantitative estimate of drug-likeness (QED) is 0.731. The molecular formula is C22H26N4O. The van der Waals surface area contributed by atoms with E-state index in [4.69, 9.17) is 0 Å². The highest BCUT2D eigenvalue weighted by atomic mass is 16.1. The number of rotatable bonds is 5. The van der Waals surface area contributed by atoms with Crippen LogP contribution in [0.15, 0.2) is 48.5 Å². The van der Waals surface area contributed by atoms with Gasteiger partial charge >= 0.3 is 0 Å². The standard InChI is InChI=1S/C22H26N4O/c1-16-8-10-17(11-9-16)12-13-23-21(27)18-5-4-14-26(15-18)22-24-19-6-2-3-7-20(19)25-22/h2-3,6-11,18H,4-5,12-15H2,1H3,(H,23,27)(H,24,25)/t18-/m0/s1. The third kappa shape index (κ3) is 4.13. The van der Waals surface area contributed by atoms with E-state index in [-0.39, 0.29) is 11.8 Å². The second kappa shape index (κ2) is 7.82. The molecule has 1 aromatic heterocycles.